The van der Waals surface area contributed by atoms with E-state index in [1.807, 2.05) is 0 Å². The quantitative estimate of drug-likeness (QED) is 0.545. The maximum Gasteiger partial charge on any atom is -0.00992 e. The Morgan fingerprint density at radius 3 is 2.69 bits per heavy atom. The van der Waals surface area contributed by atoms with Crippen molar-refractivity contribution >= 4 is 0 Å². The zero-order valence-electron chi connectivity index (χ0n) is 8.73. The monoisotopic (exact) mass is 176 g/mol. The van der Waals surface area contributed by atoms with Gasteiger partial charge in [0.1, 0.15) is 0 Å². The minimum absolute atomic E-state index is 1.34. The third-order valence-corrected chi connectivity index (χ3v) is 3.32. The van der Waals surface area contributed by atoms with Gasteiger partial charge in [-0.3, -0.25) is 0 Å². The van der Waals surface area contributed by atoms with E-state index in [1.165, 1.54) is 51.4 Å². The highest BCUT2D eigenvalue weighted by Gasteiger charge is 2.21. The van der Waals surface area contributed by atoms with Gasteiger partial charge in [0, 0.05) is 0 Å². The van der Waals surface area contributed by atoms with Crippen molar-refractivity contribution < 1.29 is 0 Å². The lowest BCUT2D eigenvalue weighted by atomic mass is 10.0. The van der Waals surface area contributed by atoms with E-state index in [9.17, 15) is 0 Å². The molecule has 0 N–H and O–H groups in total. The summed E-state index contributed by atoms with van der Waals surface area (Å²) in [4.78, 5) is 0. The van der Waals surface area contributed by atoms with Crippen LogP contribution in [0.4, 0.5) is 0 Å². The first kappa shape index (κ1) is 9.05. The van der Waals surface area contributed by atoms with Gasteiger partial charge in [-0.05, 0) is 37.7 Å². The van der Waals surface area contributed by atoms with Crippen molar-refractivity contribution in [3.05, 3.63) is 22.8 Å². The van der Waals surface area contributed by atoms with Crippen LogP contribution in [0.2, 0.25) is 0 Å². The van der Waals surface area contributed by atoms with E-state index < -0.39 is 0 Å². The lowest BCUT2D eigenvalue weighted by Gasteiger charge is -2.05. The van der Waals surface area contributed by atoms with Crippen LogP contribution >= 0.6 is 0 Å². The summed E-state index contributed by atoms with van der Waals surface area (Å²) in [6.07, 6.45) is 13.5. The smallest absolute Gasteiger partial charge is 0.00992 e. The van der Waals surface area contributed by atoms with E-state index in [0.717, 1.165) is 0 Å². The molecule has 0 aromatic rings. The Balaban J connectivity index is 1.74. The molecule has 72 valence electrons. The maximum atomic E-state index is 2.48. The molecule has 0 aromatic carbocycles. The van der Waals surface area contributed by atoms with Crippen molar-refractivity contribution in [1.82, 2.24) is 0 Å². The second-order valence-corrected chi connectivity index (χ2v) is 4.42. The van der Waals surface area contributed by atoms with Crippen LogP contribution in [0.15, 0.2) is 22.8 Å². The number of rotatable bonds is 5. The second-order valence-electron chi connectivity index (χ2n) is 4.42. The zero-order valence-corrected chi connectivity index (χ0v) is 8.73. The molecule has 0 aliphatic heterocycles. The number of hydrogen-bond donors (Lipinski definition) is 0. The van der Waals surface area contributed by atoms with E-state index in [0.29, 0.717) is 0 Å². The van der Waals surface area contributed by atoms with Crippen LogP contribution < -0.4 is 0 Å². The van der Waals surface area contributed by atoms with E-state index in [-0.39, 0.29) is 0 Å². The summed E-state index contributed by atoms with van der Waals surface area (Å²) in [5.74, 6) is 0. The Kier molecular flexibility index (Phi) is 2.87. The Labute approximate surface area is 81.7 Å². The topological polar surface area (TPSA) is 0 Å². The number of hydrogen-bond acceptors (Lipinski definition) is 0. The van der Waals surface area contributed by atoms with Crippen LogP contribution in [0.3, 0.4) is 0 Å². The van der Waals surface area contributed by atoms with Crippen molar-refractivity contribution in [3.63, 3.8) is 0 Å². The molecular weight excluding hydrogens is 156 g/mol. The van der Waals surface area contributed by atoms with E-state index in [4.69, 9.17) is 0 Å². The predicted molar refractivity (Wildman–Crippen MR) is 57.7 cm³/mol. The SMILES string of the molecule is CCCCCCC1=C2CCC(=C1)C2. The number of unbranched alkanes of at least 4 members (excludes halogenated alkanes) is 3. The van der Waals surface area contributed by atoms with Crippen LogP contribution in [0, 0.1) is 0 Å². The molecule has 0 saturated heterocycles. The summed E-state index contributed by atoms with van der Waals surface area (Å²) >= 11 is 0. The standard InChI is InChI=1S/C13H20/c1-2-3-4-5-6-12-9-11-7-8-13(12)10-11/h9H,2-8,10H2,1H3. The second kappa shape index (κ2) is 4.13. The molecule has 1 saturated carbocycles. The third-order valence-electron chi connectivity index (χ3n) is 3.32. The average molecular weight is 176 g/mol. The van der Waals surface area contributed by atoms with Crippen LogP contribution in [-0.2, 0) is 0 Å². The Morgan fingerprint density at radius 1 is 1.15 bits per heavy atom. The fourth-order valence-corrected chi connectivity index (χ4v) is 2.50. The van der Waals surface area contributed by atoms with Crippen LogP contribution in [0.5, 0.6) is 0 Å². The molecular formula is C13H20. The van der Waals surface area contributed by atoms with Crippen molar-refractivity contribution in [2.75, 3.05) is 0 Å². The molecule has 2 rings (SSSR count). The van der Waals surface area contributed by atoms with Gasteiger partial charge >= 0.3 is 0 Å². The highest BCUT2D eigenvalue weighted by molar-refractivity contribution is 5.43. The third kappa shape index (κ3) is 2.04. The molecule has 0 amide bonds. The van der Waals surface area contributed by atoms with Gasteiger partial charge in [-0.25, -0.2) is 0 Å². The largest absolute Gasteiger partial charge is 0.0656 e. The maximum absolute atomic E-state index is 2.48. The Bertz CT molecular complexity index is 243. The molecule has 0 radical (unpaired) electrons. The minimum atomic E-state index is 1.34. The molecule has 2 bridgehead atoms. The molecule has 0 spiro atoms. The van der Waals surface area contributed by atoms with Crippen LogP contribution in [0.1, 0.15) is 58.3 Å². The Morgan fingerprint density at radius 2 is 2.08 bits per heavy atom. The summed E-state index contributed by atoms with van der Waals surface area (Å²) in [5.41, 5.74) is 5.18. The van der Waals surface area contributed by atoms with Gasteiger partial charge in [-0.2, -0.15) is 0 Å². The van der Waals surface area contributed by atoms with Crippen LogP contribution in [0.25, 0.3) is 0 Å². The van der Waals surface area contributed by atoms with Crippen LogP contribution in [-0.4, -0.2) is 0 Å². The fourth-order valence-electron chi connectivity index (χ4n) is 2.50. The first-order valence-corrected chi connectivity index (χ1v) is 5.80. The summed E-state index contributed by atoms with van der Waals surface area (Å²) in [7, 11) is 0. The Hall–Kier alpha value is -0.520. The molecule has 0 nitrogen and oxygen atoms in total. The van der Waals surface area contributed by atoms with E-state index in [1.54, 1.807) is 16.7 Å². The van der Waals surface area contributed by atoms with E-state index in [2.05, 4.69) is 13.0 Å². The first-order chi connectivity index (χ1) is 6.40. The molecule has 1 fully saturated rings. The lowest BCUT2D eigenvalue weighted by Crippen LogP contribution is -1.86. The van der Waals surface area contributed by atoms with Gasteiger partial charge in [0.25, 0.3) is 0 Å². The number of fused-ring (bicyclic) bond motifs is 2. The van der Waals surface area contributed by atoms with Crippen molar-refractivity contribution in [3.8, 4) is 0 Å². The van der Waals surface area contributed by atoms with Gasteiger partial charge in [-0.1, -0.05) is 43.4 Å². The molecule has 2 aliphatic rings. The van der Waals surface area contributed by atoms with Crippen molar-refractivity contribution in [2.45, 2.75) is 58.3 Å². The normalized spacial score (nSPS) is 19.9. The molecule has 0 heterocycles. The molecule has 2 aliphatic carbocycles. The zero-order chi connectivity index (χ0) is 9.10. The highest BCUT2D eigenvalue weighted by Crippen LogP contribution is 2.40. The average Bonchev–Trinajstić information content (AvgIpc) is 2.73. The van der Waals surface area contributed by atoms with Crippen molar-refractivity contribution in [1.29, 1.82) is 0 Å². The van der Waals surface area contributed by atoms with E-state index >= 15 is 0 Å². The molecule has 13 heavy (non-hydrogen) atoms. The number of allylic oxidation sites excluding steroid dienone is 4. The summed E-state index contributed by atoms with van der Waals surface area (Å²) in [6, 6.07) is 0. The lowest BCUT2D eigenvalue weighted by molar-refractivity contribution is 0.665. The summed E-state index contributed by atoms with van der Waals surface area (Å²) in [6.45, 7) is 2.28. The molecule has 0 aromatic heterocycles. The molecule has 0 atom stereocenters. The summed E-state index contributed by atoms with van der Waals surface area (Å²) < 4.78 is 0. The van der Waals surface area contributed by atoms with Gasteiger partial charge < -0.3 is 0 Å². The molecule has 0 unspecified atom stereocenters. The predicted octanol–water partition coefficient (Wildman–Crippen LogP) is 4.38. The van der Waals surface area contributed by atoms with Gasteiger partial charge in [0.15, 0.2) is 0 Å². The fraction of sp³-hybridized carbons (Fsp3) is 0.692. The first-order valence-electron chi connectivity index (χ1n) is 5.80. The van der Waals surface area contributed by atoms with Gasteiger partial charge in [-0.15, -0.1) is 0 Å². The summed E-state index contributed by atoms with van der Waals surface area (Å²) in [5, 5.41) is 0. The van der Waals surface area contributed by atoms with Gasteiger partial charge in [0.05, 0.1) is 0 Å². The van der Waals surface area contributed by atoms with Gasteiger partial charge in [0.2, 0.25) is 0 Å². The van der Waals surface area contributed by atoms with Crippen molar-refractivity contribution in [2.24, 2.45) is 0 Å². The molecule has 0 heteroatoms. The highest BCUT2D eigenvalue weighted by atomic mass is 14.3. The minimum Gasteiger partial charge on any atom is -0.0656 e.